The molecular weight excluding hydrogens is 373 g/mol. The molecule has 0 aliphatic carbocycles. The van der Waals surface area contributed by atoms with Crippen LogP contribution in [0.2, 0.25) is 0 Å². The van der Waals surface area contributed by atoms with E-state index < -0.39 is 0 Å². The van der Waals surface area contributed by atoms with Gasteiger partial charge >= 0.3 is 6.03 Å². The maximum Gasteiger partial charge on any atom is 0.318 e. The zero-order chi connectivity index (χ0) is 20.8. The standard InChI is InChI=1S/C22H26FN3O3/c1-15(2)24-22(27)26(13-16-8-4-6-10-19(16)23)14-17-12-20(25-29-17)18-9-5-7-11-21(18)28-3/h4-11,15,17H,12-14H2,1-3H3,(H,24,27)/t17-/m0/s1. The van der Waals surface area contributed by atoms with Gasteiger partial charge in [-0.1, -0.05) is 35.5 Å². The van der Waals surface area contributed by atoms with E-state index >= 15 is 0 Å². The zero-order valence-corrected chi connectivity index (χ0v) is 16.9. The minimum atomic E-state index is -0.340. The molecule has 1 aliphatic rings. The summed E-state index contributed by atoms with van der Waals surface area (Å²) in [7, 11) is 1.61. The third-order valence-electron chi connectivity index (χ3n) is 4.59. The first-order valence-corrected chi connectivity index (χ1v) is 9.63. The SMILES string of the molecule is COc1ccccc1C1=NO[C@H](CN(Cc2ccccc2F)C(=O)NC(C)C)C1. The van der Waals surface area contributed by atoms with Gasteiger partial charge in [0.2, 0.25) is 0 Å². The number of hydrogen-bond acceptors (Lipinski definition) is 4. The van der Waals surface area contributed by atoms with Crippen molar-refractivity contribution in [1.82, 2.24) is 10.2 Å². The fourth-order valence-electron chi connectivity index (χ4n) is 3.20. The Morgan fingerprint density at radius 3 is 2.72 bits per heavy atom. The second-order valence-electron chi connectivity index (χ2n) is 7.25. The predicted octanol–water partition coefficient (Wildman–Crippen LogP) is 3.95. The zero-order valence-electron chi connectivity index (χ0n) is 16.9. The van der Waals surface area contributed by atoms with Gasteiger partial charge < -0.3 is 19.8 Å². The van der Waals surface area contributed by atoms with Gasteiger partial charge in [-0.3, -0.25) is 0 Å². The first kappa shape index (κ1) is 20.6. The van der Waals surface area contributed by atoms with Crippen LogP contribution in [0.15, 0.2) is 53.7 Å². The van der Waals surface area contributed by atoms with Crippen molar-refractivity contribution in [3.8, 4) is 5.75 Å². The number of methoxy groups -OCH3 is 1. The number of nitrogens with zero attached hydrogens (tertiary/aromatic N) is 2. The summed E-state index contributed by atoms with van der Waals surface area (Å²) in [5.74, 6) is 0.379. The van der Waals surface area contributed by atoms with Crippen molar-refractivity contribution in [2.24, 2.45) is 5.16 Å². The maximum atomic E-state index is 14.1. The quantitative estimate of drug-likeness (QED) is 0.767. The van der Waals surface area contributed by atoms with Gasteiger partial charge in [-0.2, -0.15) is 0 Å². The molecule has 1 aliphatic heterocycles. The molecule has 0 aromatic heterocycles. The third-order valence-corrected chi connectivity index (χ3v) is 4.59. The van der Waals surface area contributed by atoms with Gasteiger partial charge in [-0.25, -0.2) is 9.18 Å². The molecule has 0 unspecified atom stereocenters. The Morgan fingerprint density at radius 2 is 2.00 bits per heavy atom. The molecule has 1 N–H and O–H groups in total. The number of hydrogen-bond donors (Lipinski definition) is 1. The number of carbonyl (C=O) groups is 1. The van der Waals surface area contributed by atoms with Gasteiger partial charge in [0.1, 0.15) is 11.6 Å². The lowest BCUT2D eigenvalue weighted by Crippen LogP contribution is -2.45. The van der Waals surface area contributed by atoms with Gasteiger partial charge in [0.25, 0.3) is 0 Å². The minimum absolute atomic E-state index is 0.0319. The van der Waals surface area contributed by atoms with Crippen molar-refractivity contribution in [2.45, 2.75) is 39.0 Å². The summed E-state index contributed by atoms with van der Waals surface area (Å²) in [5.41, 5.74) is 2.09. The molecule has 2 amide bonds. The van der Waals surface area contributed by atoms with Crippen LogP contribution >= 0.6 is 0 Å². The highest BCUT2D eigenvalue weighted by molar-refractivity contribution is 6.03. The number of carbonyl (C=O) groups excluding carboxylic acids is 1. The van der Waals surface area contributed by atoms with E-state index in [1.54, 1.807) is 30.2 Å². The molecule has 29 heavy (non-hydrogen) atoms. The van der Waals surface area contributed by atoms with Crippen LogP contribution < -0.4 is 10.1 Å². The van der Waals surface area contributed by atoms with E-state index in [1.807, 2.05) is 38.1 Å². The molecule has 154 valence electrons. The number of amides is 2. The fraction of sp³-hybridized carbons (Fsp3) is 0.364. The second-order valence-corrected chi connectivity index (χ2v) is 7.25. The van der Waals surface area contributed by atoms with Crippen LogP contribution in [0, 0.1) is 5.82 Å². The normalized spacial score (nSPS) is 15.6. The van der Waals surface area contributed by atoms with Gasteiger partial charge in [-0.05, 0) is 32.0 Å². The average Bonchev–Trinajstić information content (AvgIpc) is 3.17. The highest BCUT2D eigenvalue weighted by atomic mass is 19.1. The number of oxime groups is 1. The Hall–Kier alpha value is -3.09. The van der Waals surface area contributed by atoms with Crippen molar-refractivity contribution >= 4 is 11.7 Å². The van der Waals surface area contributed by atoms with Gasteiger partial charge in [0.05, 0.1) is 25.9 Å². The molecule has 0 spiro atoms. The molecule has 2 aromatic rings. The molecule has 0 radical (unpaired) electrons. The van der Waals surface area contributed by atoms with Crippen LogP contribution in [0.1, 0.15) is 31.4 Å². The van der Waals surface area contributed by atoms with Crippen molar-refractivity contribution in [2.75, 3.05) is 13.7 Å². The van der Waals surface area contributed by atoms with Crippen LogP contribution in [0.4, 0.5) is 9.18 Å². The molecule has 0 fully saturated rings. The number of rotatable bonds is 7. The first-order valence-electron chi connectivity index (χ1n) is 9.63. The first-order chi connectivity index (χ1) is 14.0. The second kappa shape index (κ2) is 9.41. The number of ether oxygens (including phenoxy) is 1. The molecule has 1 heterocycles. The van der Waals surface area contributed by atoms with E-state index in [2.05, 4.69) is 10.5 Å². The van der Waals surface area contributed by atoms with Crippen LogP contribution in [-0.4, -0.2) is 42.4 Å². The van der Waals surface area contributed by atoms with Crippen molar-refractivity contribution in [1.29, 1.82) is 0 Å². The molecular formula is C22H26FN3O3. The van der Waals surface area contributed by atoms with E-state index in [0.29, 0.717) is 12.0 Å². The molecule has 0 saturated heterocycles. The Morgan fingerprint density at radius 1 is 1.28 bits per heavy atom. The number of nitrogens with one attached hydrogen (secondary N) is 1. The fourth-order valence-corrected chi connectivity index (χ4v) is 3.20. The van der Waals surface area contributed by atoms with Crippen LogP contribution in [-0.2, 0) is 11.4 Å². The smallest absolute Gasteiger partial charge is 0.318 e. The predicted molar refractivity (Wildman–Crippen MR) is 109 cm³/mol. The Balaban J connectivity index is 1.71. The summed E-state index contributed by atoms with van der Waals surface area (Å²) in [4.78, 5) is 19.8. The number of urea groups is 1. The third kappa shape index (κ3) is 5.25. The molecule has 2 aromatic carbocycles. The Labute approximate surface area is 170 Å². The van der Waals surface area contributed by atoms with E-state index in [4.69, 9.17) is 9.57 Å². The van der Waals surface area contributed by atoms with E-state index in [1.165, 1.54) is 6.07 Å². The van der Waals surface area contributed by atoms with Crippen molar-refractivity contribution < 1.29 is 18.8 Å². The van der Waals surface area contributed by atoms with Crippen molar-refractivity contribution in [3.05, 3.63) is 65.5 Å². The monoisotopic (exact) mass is 399 g/mol. The summed E-state index contributed by atoms with van der Waals surface area (Å²) in [6, 6.07) is 13.7. The summed E-state index contributed by atoms with van der Waals surface area (Å²) in [6.07, 6.45) is 0.211. The topological polar surface area (TPSA) is 63.2 Å². The molecule has 7 heteroatoms. The minimum Gasteiger partial charge on any atom is -0.496 e. The van der Waals surface area contributed by atoms with Gasteiger partial charge in [0, 0.05) is 23.6 Å². The highest BCUT2D eigenvalue weighted by Gasteiger charge is 2.28. The van der Waals surface area contributed by atoms with E-state index in [9.17, 15) is 9.18 Å². The van der Waals surface area contributed by atoms with Gasteiger partial charge in [-0.15, -0.1) is 0 Å². The van der Waals surface area contributed by atoms with Crippen molar-refractivity contribution in [3.63, 3.8) is 0 Å². The average molecular weight is 399 g/mol. The summed E-state index contributed by atoms with van der Waals surface area (Å²) in [5, 5.41) is 7.07. The molecule has 0 bridgehead atoms. The molecule has 1 atom stereocenters. The number of para-hydroxylation sites is 1. The lowest BCUT2D eigenvalue weighted by molar-refractivity contribution is 0.0584. The molecule has 6 nitrogen and oxygen atoms in total. The highest BCUT2D eigenvalue weighted by Crippen LogP contribution is 2.25. The Bertz CT molecular complexity index is 885. The maximum absolute atomic E-state index is 14.1. The van der Waals surface area contributed by atoms with Crippen LogP contribution in [0.3, 0.4) is 0 Å². The summed E-state index contributed by atoms with van der Waals surface area (Å²) in [6.45, 7) is 4.20. The number of halogens is 1. The van der Waals surface area contributed by atoms with Crippen LogP contribution in [0.25, 0.3) is 0 Å². The lowest BCUT2D eigenvalue weighted by Gasteiger charge is -2.26. The van der Waals surface area contributed by atoms with E-state index in [-0.39, 0.29) is 37.1 Å². The Kier molecular flexibility index (Phi) is 6.69. The van der Waals surface area contributed by atoms with Gasteiger partial charge in [0.15, 0.2) is 6.10 Å². The molecule has 0 saturated carbocycles. The molecule has 3 rings (SSSR count). The van der Waals surface area contributed by atoms with E-state index in [0.717, 1.165) is 17.0 Å². The lowest BCUT2D eigenvalue weighted by atomic mass is 10.0. The van der Waals surface area contributed by atoms with Crippen LogP contribution in [0.5, 0.6) is 5.75 Å². The number of benzene rings is 2. The summed E-state index contributed by atoms with van der Waals surface area (Å²) < 4.78 is 19.5. The summed E-state index contributed by atoms with van der Waals surface area (Å²) >= 11 is 0. The largest absolute Gasteiger partial charge is 0.496 e.